The van der Waals surface area contributed by atoms with Gasteiger partial charge in [0.05, 0.1) is 0 Å². The molecular formula is C22H25N3O3. The molecule has 6 heteroatoms. The summed E-state index contributed by atoms with van der Waals surface area (Å²) in [5.41, 5.74) is 0.945. The lowest BCUT2D eigenvalue weighted by Gasteiger charge is -2.31. The number of rotatable bonds is 7. The number of β-amino-alcohol motifs (C(OH)–C–C–N with tert-alkyl or cyclic N) is 1. The van der Waals surface area contributed by atoms with Crippen LogP contribution in [0, 0.1) is 0 Å². The molecule has 1 aliphatic heterocycles. The standard InChI is InChI=1S/C22H25N3O3/c26-19(16-27-20-9-5-2-6-10-20)15-25-13-11-18(12-14-25)22-24-23-21(28-22)17-7-3-1-4-8-17/h1-10,18-19,26H,11-16H2. The van der Waals surface area contributed by atoms with Gasteiger partial charge in [0.25, 0.3) is 0 Å². The van der Waals surface area contributed by atoms with Gasteiger partial charge in [-0.15, -0.1) is 10.2 Å². The molecule has 0 saturated carbocycles. The van der Waals surface area contributed by atoms with Gasteiger partial charge in [-0.05, 0) is 50.2 Å². The second-order valence-electron chi connectivity index (χ2n) is 7.16. The van der Waals surface area contributed by atoms with Crippen LogP contribution in [0.25, 0.3) is 11.5 Å². The van der Waals surface area contributed by atoms with E-state index in [0.717, 1.165) is 37.2 Å². The van der Waals surface area contributed by atoms with E-state index in [9.17, 15) is 5.11 Å². The van der Waals surface area contributed by atoms with Crippen molar-refractivity contribution in [3.05, 3.63) is 66.6 Å². The molecule has 146 valence electrons. The summed E-state index contributed by atoms with van der Waals surface area (Å²) in [6, 6.07) is 19.4. The van der Waals surface area contributed by atoms with E-state index in [0.29, 0.717) is 24.9 Å². The summed E-state index contributed by atoms with van der Waals surface area (Å²) in [6.45, 7) is 2.71. The van der Waals surface area contributed by atoms with Crippen molar-refractivity contribution in [1.29, 1.82) is 0 Å². The van der Waals surface area contributed by atoms with Gasteiger partial charge in [0.15, 0.2) is 0 Å². The van der Waals surface area contributed by atoms with Crippen molar-refractivity contribution < 1.29 is 14.3 Å². The second kappa shape index (κ2) is 8.99. The van der Waals surface area contributed by atoms with Gasteiger partial charge in [0, 0.05) is 18.0 Å². The average molecular weight is 379 g/mol. The lowest BCUT2D eigenvalue weighted by atomic mass is 9.96. The molecule has 4 rings (SSSR count). The highest BCUT2D eigenvalue weighted by Crippen LogP contribution is 2.29. The molecule has 1 atom stereocenters. The maximum absolute atomic E-state index is 10.3. The number of ether oxygens (including phenoxy) is 1. The van der Waals surface area contributed by atoms with Crippen LogP contribution in [0.1, 0.15) is 24.7 Å². The quantitative estimate of drug-likeness (QED) is 0.679. The third-order valence-corrected chi connectivity index (χ3v) is 5.05. The van der Waals surface area contributed by atoms with Crippen molar-refractivity contribution in [2.24, 2.45) is 0 Å². The Bertz CT molecular complexity index is 846. The van der Waals surface area contributed by atoms with Gasteiger partial charge >= 0.3 is 0 Å². The van der Waals surface area contributed by atoms with Crippen LogP contribution < -0.4 is 4.74 Å². The molecule has 0 bridgehead atoms. The number of aliphatic hydroxyl groups is 1. The number of piperidine rings is 1. The fraction of sp³-hybridized carbons (Fsp3) is 0.364. The zero-order valence-electron chi connectivity index (χ0n) is 15.8. The molecule has 0 radical (unpaired) electrons. The Kier molecular flexibility index (Phi) is 5.99. The van der Waals surface area contributed by atoms with Crippen LogP contribution >= 0.6 is 0 Å². The van der Waals surface area contributed by atoms with Crippen LogP contribution in [0.5, 0.6) is 5.75 Å². The van der Waals surface area contributed by atoms with Crippen LogP contribution in [0.15, 0.2) is 65.1 Å². The first-order valence-corrected chi connectivity index (χ1v) is 9.75. The minimum atomic E-state index is -0.509. The third kappa shape index (κ3) is 4.77. The summed E-state index contributed by atoms with van der Waals surface area (Å²) in [5, 5.41) is 18.7. The molecule has 0 aliphatic carbocycles. The Hall–Kier alpha value is -2.70. The van der Waals surface area contributed by atoms with Crippen molar-refractivity contribution in [2.45, 2.75) is 24.9 Å². The summed E-state index contributed by atoms with van der Waals surface area (Å²) in [6.07, 6.45) is 1.38. The van der Waals surface area contributed by atoms with Crippen LogP contribution in [-0.4, -0.2) is 52.5 Å². The van der Waals surface area contributed by atoms with Gasteiger partial charge in [0.1, 0.15) is 18.5 Å². The number of aromatic nitrogens is 2. The minimum Gasteiger partial charge on any atom is -0.491 e. The smallest absolute Gasteiger partial charge is 0.247 e. The van der Waals surface area contributed by atoms with Crippen molar-refractivity contribution in [1.82, 2.24) is 15.1 Å². The fourth-order valence-electron chi connectivity index (χ4n) is 3.52. The average Bonchev–Trinajstić information content (AvgIpc) is 3.25. The molecule has 1 unspecified atom stereocenters. The fourth-order valence-corrected chi connectivity index (χ4v) is 3.52. The summed E-state index contributed by atoms with van der Waals surface area (Å²) < 4.78 is 11.5. The summed E-state index contributed by atoms with van der Waals surface area (Å²) in [4.78, 5) is 2.27. The summed E-state index contributed by atoms with van der Waals surface area (Å²) >= 11 is 0. The van der Waals surface area contributed by atoms with Gasteiger partial charge in [-0.1, -0.05) is 36.4 Å². The zero-order chi connectivity index (χ0) is 19.2. The van der Waals surface area contributed by atoms with Crippen molar-refractivity contribution in [2.75, 3.05) is 26.2 Å². The Morgan fingerprint density at radius 1 is 1.00 bits per heavy atom. The molecule has 1 aliphatic rings. The Morgan fingerprint density at radius 3 is 2.39 bits per heavy atom. The molecule has 1 saturated heterocycles. The molecule has 28 heavy (non-hydrogen) atoms. The molecular weight excluding hydrogens is 354 g/mol. The molecule has 1 fully saturated rings. The second-order valence-corrected chi connectivity index (χ2v) is 7.16. The number of hydrogen-bond donors (Lipinski definition) is 1. The van der Waals surface area contributed by atoms with E-state index < -0.39 is 6.10 Å². The molecule has 3 aromatic rings. The maximum atomic E-state index is 10.3. The van der Waals surface area contributed by atoms with Gasteiger partial charge < -0.3 is 19.2 Å². The van der Waals surface area contributed by atoms with E-state index in [4.69, 9.17) is 9.15 Å². The zero-order valence-corrected chi connectivity index (χ0v) is 15.8. The molecule has 2 heterocycles. The van der Waals surface area contributed by atoms with Crippen molar-refractivity contribution in [3.63, 3.8) is 0 Å². The molecule has 0 spiro atoms. The predicted molar refractivity (Wildman–Crippen MR) is 106 cm³/mol. The Labute approximate surface area is 164 Å². The van der Waals surface area contributed by atoms with Gasteiger partial charge in [-0.3, -0.25) is 0 Å². The lowest BCUT2D eigenvalue weighted by molar-refractivity contribution is 0.0583. The first kappa shape index (κ1) is 18.7. The molecule has 1 aromatic heterocycles. The molecule has 2 aromatic carbocycles. The first-order valence-electron chi connectivity index (χ1n) is 9.75. The van der Waals surface area contributed by atoms with Crippen molar-refractivity contribution in [3.8, 4) is 17.2 Å². The van der Waals surface area contributed by atoms with E-state index in [2.05, 4.69) is 15.1 Å². The minimum absolute atomic E-state index is 0.277. The third-order valence-electron chi connectivity index (χ3n) is 5.05. The van der Waals surface area contributed by atoms with Crippen LogP contribution in [0.2, 0.25) is 0 Å². The normalized spacial score (nSPS) is 16.8. The molecule has 1 N–H and O–H groups in total. The van der Waals surface area contributed by atoms with E-state index >= 15 is 0 Å². The van der Waals surface area contributed by atoms with Gasteiger partial charge in [-0.2, -0.15) is 0 Å². The number of likely N-dealkylation sites (tertiary alicyclic amines) is 1. The lowest BCUT2D eigenvalue weighted by Crippen LogP contribution is -2.40. The van der Waals surface area contributed by atoms with Crippen LogP contribution in [-0.2, 0) is 0 Å². The van der Waals surface area contributed by atoms with Crippen LogP contribution in [0.4, 0.5) is 0 Å². The number of aliphatic hydroxyl groups excluding tert-OH is 1. The Balaban J connectivity index is 1.24. The topological polar surface area (TPSA) is 71.6 Å². The maximum Gasteiger partial charge on any atom is 0.247 e. The van der Waals surface area contributed by atoms with E-state index in [1.807, 2.05) is 60.7 Å². The van der Waals surface area contributed by atoms with Gasteiger partial charge in [0.2, 0.25) is 11.8 Å². The Morgan fingerprint density at radius 2 is 1.68 bits per heavy atom. The monoisotopic (exact) mass is 379 g/mol. The molecule has 6 nitrogen and oxygen atoms in total. The highest BCUT2D eigenvalue weighted by atomic mass is 16.5. The predicted octanol–water partition coefficient (Wildman–Crippen LogP) is 3.36. The van der Waals surface area contributed by atoms with Crippen LogP contribution in [0.3, 0.4) is 0 Å². The highest BCUT2D eigenvalue weighted by Gasteiger charge is 2.26. The summed E-state index contributed by atoms with van der Waals surface area (Å²) in [5.74, 6) is 2.35. The van der Waals surface area contributed by atoms with E-state index in [-0.39, 0.29) is 5.92 Å². The van der Waals surface area contributed by atoms with E-state index in [1.54, 1.807) is 0 Å². The first-order chi connectivity index (χ1) is 13.8. The SMILES string of the molecule is OC(COc1ccccc1)CN1CCC(c2nnc(-c3ccccc3)o2)CC1. The van der Waals surface area contributed by atoms with Crippen molar-refractivity contribution >= 4 is 0 Å². The number of nitrogens with zero attached hydrogens (tertiary/aromatic N) is 3. The number of benzene rings is 2. The largest absolute Gasteiger partial charge is 0.491 e. The number of para-hydroxylation sites is 1. The summed E-state index contributed by atoms with van der Waals surface area (Å²) in [7, 11) is 0. The van der Waals surface area contributed by atoms with E-state index in [1.165, 1.54) is 0 Å². The van der Waals surface area contributed by atoms with Gasteiger partial charge in [-0.25, -0.2) is 0 Å². The highest BCUT2D eigenvalue weighted by molar-refractivity contribution is 5.51. The molecule has 0 amide bonds. The number of hydrogen-bond acceptors (Lipinski definition) is 6.